The summed E-state index contributed by atoms with van der Waals surface area (Å²) >= 11 is 0. The van der Waals surface area contributed by atoms with E-state index in [-0.39, 0.29) is 24.5 Å². The first-order chi connectivity index (χ1) is 16.6. The van der Waals surface area contributed by atoms with Gasteiger partial charge in [0.25, 0.3) is 0 Å². The molecule has 1 saturated heterocycles. The van der Waals surface area contributed by atoms with Crippen molar-refractivity contribution in [2.75, 3.05) is 18.0 Å². The minimum absolute atomic E-state index is 0.0832. The number of benzene rings is 3. The van der Waals surface area contributed by atoms with Crippen molar-refractivity contribution in [3.8, 4) is 0 Å². The number of nitrogens with one attached hydrogen (secondary N) is 1. The third kappa shape index (κ3) is 4.85. The van der Waals surface area contributed by atoms with Crippen LogP contribution in [0.2, 0.25) is 0 Å². The van der Waals surface area contributed by atoms with E-state index in [1.807, 2.05) is 62.4 Å². The topological polar surface area (TPSA) is 86.8 Å². The number of piperazine rings is 1. The zero-order chi connectivity index (χ0) is 25.2. The van der Waals surface area contributed by atoms with Crippen LogP contribution in [0, 0.1) is 13.8 Å². The van der Waals surface area contributed by atoms with Gasteiger partial charge in [-0.3, -0.25) is 14.5 Å². The number of hydrogen-bond donors (Lipinski definition) is 1. The lowest BCUT2D eigenvalue weighted by Gasteiger charge is -2.47. The fraction of sp³-hybridized carbons (Fsp3) is 0.259. The van der Waals surface area contributed by atoms with Crippen LogP contribution < -0.4 is 10.2 Å². The molecule has 1 aliphatic heterocycles. The summed E-state index contributed by atoms with van der Waals surface area (Å²) in [5.74, 6) is -0.886. The molecule has 4 rings (SSSR count). The molecule has 1 unspecified atom stereocenters. The molecule has 3 aromatic rings. The van der Waals surface area contributed by atoms with Crippen molar-refractivity contribution in [2.45, 2.75) is 37.8 Å². The van der Waals surface area contributed by atoms with Crippen LogP contribution >= 0.6 is 0 Å². The molecule has 2 amide bonds. The van der Waals surface area contributed by atoms with Crippen LogP contribution in [0.15, 0.2) is 83.8 Å². The molecule has 182 valence electrons. The molecule has 0 radical (unpaired) electrons. The van der Waals surface area contributed by atoms with Crippen LogP contribution in [-0.2, 0) is 26.2 Å². The summed E-state index contributed by atoms with van der Waals surface area (Å²) in [4.78, 5) is 28.8. The van der Waals surface area contributed by atoms with Gasteiger partial charge < -0.3 is 5.32 Å². The first-order valence-electron chi connectivity index (χ1n) is 11.4. The van der Waals surface area contributed by atoms with E-state index in [1.165, 1.54) is 17.0 Å². The smallest absolute Gasteiger partial charge is 0.247 e. The second-order valence-electron chi connectivity index (χ2n) is 9.05. The van der Waals surface area contributed by atoms with Crippen molar-refractivity contribution in [1.82, 2.24) is 9.62 Å². The van der Waals surface area contributed by atoms with E-state index in [9.17, 15) is 18.0 Å². The summed E-state index contributed by atoms with van der Waals surface area (Å²) in [5.41, 5.74) is 1.89. The van der Waals surface area contributed by atoms with E-state index in [0.717, 1.165) is 21.0 Å². The largest absolute Gasteiger partial charge is 0.350 e. The Hall–Kier alpha value is -3.49. The molecule has 35 heavy (non-hydrogen) atoms. The van der Waals surface area contributed by atoms with Crippen LogP contribution in [0.25, 0.3) is 0 Å². The molecule has 1 fully saturated rings. The molecule has 1 heterocycles. The molecular formula is C27H29N3O4S. The van der Waals surface area contributed by atoms with Gasteiger partial charge in [-0.25, -0.2) is 8.42 Å². The molecule has 0 aliphatic carbocycles. The molecule has 0 spiro atoms. The number of sulfonamides is 1. The Kier molecular flexibility index (Phi) is 6.78. The zero-order valence-corrected chi connectivity index (χ0v) is 20.9. The van der Waals surface area contributed by atoms with Gasteiger partial charge in [-0.15, -0.1) is 0 Å². The van der Waals surface area contributed by atoms with Gasteiger partial charge >= 0.3 is 0 Å². The second kappa shape index (κ2) is 9.64. The Balaban J connectivity index is 1.74. The Morgan fingerprint density at radius 3 is 2.23 bits per heavy atom. The van der Waals surface area contributed by atoms with Gasteiger partial charge in [0.05, 0.1) is 11.4 Å². The Morgan fingerprint density at radius 1 is 0.971 bits per heavy atom. The molecular weight excluding hydrogens is 462 g/mol. The Bertz CT molecular complexity index is 1340. The highest BCUT2D eigenvalue weighted by molar-refractivity contribution is 7.89. The van der Waals surface area contributed by atoms with E-state index in [0.29, 0.717) is 5.69 Å². The second-order valence-corrected chi connectivity index (χ2v) is 11.0. The van der Waals surface area contributed by atoms with Crippen LogP contribution in [0.5, 0.6) is 0 Å². The molecule has 1 aliphatic rings. The average molecular weight is 492 g/mol. The molecule has 7 nitrogen and oxygen atoms in total. The molecule has 3 aromatic carbocycles. The van der Waals surface area contributed by atoms with Gasteiger partial charge in [0.1, 0.15) is 5.54 Å². The van der Waals surface area contributed by atoms with Gasteiger partial charge in [-0.05, 0) is 50.1 Å². The lowest BCUT2D eigenvalue weighted by Crippen LogP contribution is -2.70. The fourth-order valence-corrected chi connectivity index (χ4v) is 5.98. The van der Waals surface area contributed by atoms with Crippen molar-refractivity contribution < 1.29 is 18.0 Å². The summed E-state index contributed by atoms with van der Waals surface area (Å²) in [6.45, 7) is 5.18. The standard InChI is InChI=1S/C27H29N3O4S/c1-20-14-15-24(21(2)16-20)30-25(31)18-29(35(33,34)23-12-8-5-9-13-23)19-27(30,3)26(32)28-17-22-10-6-4-7-11-22/h4-16H,17-19H2,1-3H3,(H,28,32). The molecule has 1 N–H and O–H groups in total. The highest BCUT2D eigenvalue weighted by Gasteiger charge is 2.51. The van der Waals surface area contributed by atoms with Gasteiger partial charge in [0.15, 0.2) is 0 Å². The summed E-state index contributed by atoms with van der Waals surface area (Å²) in [6, 6.07) is 23.0. The number of anilines is 1. The monoisotopic (exact) mass is 491 g/mol. The van der Waals surface area contributed by atoms with Gasteiger partial charge in [0, 0.05) is 18.8 Å². The minimum atomic E-state index is -3.98. The van der Waals surface area contributed by atoms with E-state index in [4.69, 9.17) is 0 Å². The first-order valence-corrected chi connectivity index (χ1v) is 12.8. The van der Waals surface area contributed by atoms with Crippen molar-refractivity contribution in [2.24, 2.45) is 0 Å². The minimum Gasteiger partial charge on any atom is -0.350 e. The fourth-order valence-electron chi connectivity index (χ4n) is 4.48. The third-order valence-corrected chi connectivity index (χ3v) is 8.10. The van der Waals surface area contributed by atoms with Gasteiger partial charge in [-0.2, -0.15) is 4.31 Å². The molecule has 0 aromatic heterocycles. The zero-order valence-electron chi connectivity index (χ0n) is 20.1. The normalized spacial score (nSPS) is 18.9. The highest BCUT2D eigenvalue weighted by Crippen LogP contribution is 2.34. The Labute approximate surface area is 206 Å². The summed E-state index contributed by atoms with van der Waals surface area (Å²) in [7, 11) is -3.98. The van der Waals surface area contributed by atoms with Crippen molar-refractivity contribution in [1.29, 1.82) is 0 Å². The number of hydrogen-bond acceptors (Lipinski definition) is 4. The van der Waals surface area contributed by atoms with E-state index >= 15 is 0 Å². The molecule has 0 bridgehead atoms. The lowest BCUT2D eigenvalue weighted by atomic mass is 9.93. The van der Waals surface area contributed by atoms with Crippen LogP contribution in [-0.4, -0.2) is 43.2 Å². The van der Waals surface area contributed by atoms with Crippen molar-refractivity contribution in [3.63, 3.8) is 0 Å². The number of aryl methyl sites for hydroxylation is 2. The van der Waals surface area contributed by atoms with E-state index < -0.39 is 27.4 Å². The lowest BCUT2D eigenvalue weighted by molar-refractivity contribution is -0.133. The number of carbonyl (C=O) groups is 2. The predicted molar refractivity (Wildman–Crippen MR) is 135 cm³/mol. The number of carbonyl (C=O) groups excluding carboxylic acids is 2. The number of rotatable bonds is 6. The van der Waals surface area contributed by atoms with Crippen LogP contribution in [0.4, 0.5) is 5.69 Å². The molecule has 1 atom stereocenters. The first kappa shape index (κ1) is 24.6. The van der Waals surface area contributed by atoms with Crippen LogP contribution in [0.3, 0.4) is 0 Å². The van der Waals surface area contributed by atoms with Gasteiger partial charge in [-0.1, -0.05) is 66.2 Å². The Morgan fingerprint density at radius 2 is 1.60 bits per heavy atom. The van der Waals surface area contributed by atoms with Crippen molar-refractivity contribution >= 4 is 27.5 Å². The quantitative estimate of drug-likeness (QED) is 0.573. The maximum absolute atomic E-state index is 13.7. The number of amides is 2. The maximum atomic E-state index is 13.7. The van der Waals surface area contributed by atoms with E-state index in [1.54, 1.807) is 25.1 Å². The van der Waals surface area contributed by atoms with E-state index in [2.05, 4.69) is 5.32 Å². The maximum Gasteiger partial charge on any atom is 0.247 e. The third-order valence-electron chi connectivity index (χ3n) is 6.30. The summed E-state index contributed by atoms with van der Waals surface area (Å²) in [5, 5.41) is 2.92. The number of nitrogens with zero attached hydrogens (tertiary/aromatic N) is 2. The summed E-state index contributed by atoms with van der Waals surface area (Å²) in [6.07, 6.45) is 0. The summed E-state index contributed by atoms with van der Waals surface area (Å²) < 4.78 is 27.9. The van der Waals surface area contributed by atoms with Gasteiger partial charge in [0.2, 0.25) is 21.8 Å². The average Bonchev–Trinajstić information content (AvgIpc) is 2.84. The van der Waals surface area contributed by atoms with Crippen LogP contribution in [0.1, 0.15) is 23.6 Å². The SMILES string of the molecule is Cc1ccc(N2C(=O)CN(S(=O)(=O)c3ccccc3)CC2(C)C(=O)NCc2ccccc2)c(C)c1. The molecule has 0 saturated carbocycles. The van der Waals surface area contributed by atoms with Crippen molar-refractivity contribution in [3.05, 3.63) is 95.6 Å². The highest BCUT2D eigenvalue weighted by atomic mass is 32.2. The molecule has 8 heteroatoms. The predicted octanol–water partition coefficient (Wildman–Crippen LogP) is 3.42.